The molecule has 2 fully saturated rings. The van der Waals surface area contributed by atoms with Crippen LogP contribution >= 0.6 is 7.60 Å². The lowest BCUT2D eigenvalue weighted by molar-refractivity contribution is -0.0850. The van der Waals surface area contributed by atoms with Crippen molar-refractivity contribution in [2.75, 3.05) is 12.7 Å². The minimum absolute atomic E-state index is 0.0318. The molecule has 0 amide bonds. The van der Waals surface area contributed by atoms with Gasteiger partial charge in [-0.25, -0.2) is 0 Å². The van der Waals surface area contributed by atoms with Crippen LogP contribution in [-0.2, 0) is 4.57 Å². The molecular weight excluding hydrogens is 257 g/mol. The smallest absolute Gasteiger partial charge is 0.325 e. The monoisotopic (exact) mass is 279 g/mol. The molecule has 7 heteroatoms. The first-order valence-electron chi connectivity index (χ1n) is 6.49. The highest BCUT2D eigenvalue weighted by atomic mass is 31.2. The van der Waals surface area contributed by atoms with E-state index < -0.39 is 13.9 Å². The lowest BCUT2D eigenvalue weighted by atomic mass is 9.70. The maximum atomic E-state index is 11.0. The molecule has 0 radical (unpaired) electrons. The molecule has 1 heterocycles. The van der Waals surface area contributed by atoms with Crippen molar-refractivity contribution in [2.24, 2.45) is 17.8 Å². The molecule has 0 spiro atoms. The van der Waals surface area contributed by atoms with Crippen molar-refractivity contribution in [3.05, 3.63) is 0 Å². The molecule has 1 saturated heterocycles. The molecule has 0 aromatic heterocycles. The van der Waals surface area contributed by atoms with Crippen LogP contribution in [-0.4, -0.2) is 45.0 Å². The van der Waals surface area contributed by atoms with E-state index in [0.29, 0.717) is 18.3 Å². The van der Waals surface area contributed by atoms with Gasteiger partial charge in [-0.15, -0.1) is 0 Å². The van der Waals surface area contributed by atoms with E-state index in [0.717, 1.165) is 25.8 Å². The topological polar surface area (TPSA) is 110 Å². The minimum Gasteiger partial charge on any atom is -0.367 e. The molecule has 0 aromatic rings. The Morgan fingerprint density at radius 3 is 2.50 bits per heavy atom. The van der Waals surface area contributed by atoms with Gasteiger partial charge in [0.25, 0.3) is 0 Å². The van der Waals surface area contributed by atoms with E-state index in [2.05, 4.69) is 5.32 Å². The summed E-state index contributed by atoms with van der Waals surface area (Å²) in [4.78, 5) is 18.0. The van der Waals surface area contributed by atoms with Gasteiger partial charge >= 0.3 is 7.60 Å². The van der Waals surface area contributed by atoms with Crippen LogP contribution in [0, 0.1) is 17.8 Å². The average molecular weight is 279 g/mol. The number of aliphatic hydroxyl groups excluding tert-OH is 1. The van der Waals surface area contributed by atoms with Crippen molar-refractivity contribution in [3.63, 3.8) is 0 Å². The van der Waals surface area contributed by atoms with Gasteiger partial charge in [-0.1, -0.05) is 0 Å². The van der Waals surface area contributed by atoms with Crippen LogP contribution in [0.3, 0.4) is 0 Å². The second-order valence-electron chi connectivity index (χ2n) is 5.71. The number of piperidine rings is 1. The number of fused-ring (bicyclic) bond motifs is 1. The third-order valence-electron chi connectivity index (χ3n) is 4.30. The molecule has 1 aliphatic heterocycles. The van der Waals surface area contributed by atoms with Gasteiger partial charge in [-0.05, 0) is 50.0 Å². The fourth-order valence-electron chi connectivity index (χ4n) is 3.42. The maximum absolute atomic E-state index is 11.0. The van der Waals surface area contributed by atoms with E-state index in [1.54, 1.807) is 0 Å². The van der Waals surface area contributed by atoms with Crippen molar-refractivity contribution >= 4 is 7.60 Å². The largest absolute Gasteiger partial charge is 0.367 e. The number of hydrogen-bond acceptors (Lipinski definition) is 4. The fraction of sp³-hybridized carbons (Fsp3) is 1.00. The summed E-state index contributed by atoms with van der Waals surface area (Å²) in [5, 5.41) is 21.5. The Morgan fingerprint density at radius 1 is 1.17 bits per heavy atom. The first-order chi connectivity index (χ1) is 8.35. The number of rotatable bonds is 3. The Hall–Kier alpha value is 0.0300. The first kappa shape index (κ1) is 14.4. The van der Waals surface area contributed by atoms with Gasteiger partial charge in [0.15, 0.2) is 6.29 Å². The van der Waals surface area contributed by atoms with Gasteiger partial charge in [0.05, 0.1) is 12.2 Å². The highest BCUT2D eigenvalue weighted by molar-refractivity contribution is 7.51. The van der Waals surface area contributed by atoms with Gasteiger partial charge in [-0.2, -0.15) is 0 Å². The summed E-state index contributed by atoms with van der Waals surface area (Å²) in [6, 6.07) is -0.306. The first-order valence-corrected chi connectivity index (χ1v) is 8.29. The van der Waals surface area contributed by atoms with E-state index in [1.165, 1.54) is 0 Å². The second-order valence-corrected chi connectivity index (χ2v) is 7.41. The highest BCUT2D eigenvalue weighted by Crippen LogP contribution is 2.45. The maximum Gasteiger partial charge on any atom is 0.325 e. The van der Waals surface area contributed by atoms with Crippen LogP contribution < -0.4 is 5.32 Å². The van der Waals surface area contributed by atoms with Crippen LogP contribution in [0.15, 0.2) is 0 Å². The molecule has 4 atom stereocenters. The lowest BCUT2D eigenvalue weighted by Gasteiger charge is -2.43. The summed E-state index contributed by atoms with van der Waals surface area (Å²) in [7, 11) is -3.93. The summed E-state index contributed by atoms with van der Waals surface area (Å²) in [5.74, 6) is 0.929. The SMILES string of the molecule is O=P(O)(O)C[C@H]1CC[C@H]2CN[C@H](C(O)O)C[C@H]2C1. The van der Waals surface area contributed by atoms with E-state index >= 15 is 0 Å². The zero-order chi connectivity index (χ0) is 13.3. The summed E-state index contributed by atoms with van der Waals surface area (Å²) >= 11 is 0. The predicted octanol–water partition coefficient (Wildman–Crippen LogP) is -0.131. The van der Waals surface area contributed by atoms with Gasteiger partial charge in [-0.3, -0.25) is 4.57 Å². The number of hydrogen-bond donors (Lipinski definition) is 5. The molecule has 2 aliphatic rings. The van der Waals surface area contributed by atoms with Crippen LogP contribution in [0.1, 0.15) is 25.7 Å². The molecule has 1 aliphatic carbocycles. The van der Waals surface area contributed by atoms with Gasteiger partial charge < -0.3 is 25.3 Å². The third-order valence-corrected chi connectivity index (χ3v) is 5.30. The molecule has 2 rings (SSSR count). The van der Waals surface area contributed by atoms with Crippen molar-refractivity contribution < 1.29 is 24.6 Å². The van der Waals surface area contributed by atoms with Crippen molar-refractivity contribution in [1.82, 2.24) is 5.32 Å². The normalized spacial score (nSPS) is 37.6. The summed E-state index contributed by atoms with van der Waals surface area (Å²) in [5.41, 5.74) is 0. The van der Waals surface area contributed by atoms with Gasteiger partial charge in [0, 0.05) is 0 Å². The van der Waals surface area contributed by atoms with Crippen LogP contribution in [0.25, 0.3) is 0 Å². The summed E-state index contributed by atoms with van der Waals surface area (Å²) < 4.78 is 11.0. The molecule has 6 nitrogen and oxygen atoms in total. The minimum atomic E-state index is -3.93. The second kappa shape index (κ2) is 5.57. The lowest BCUT2D eigenvalue weighted by Crippen LogP contribution is -2.51. The summed E-state index contributed by atoms with van der Waals surface area (Å²) in [6.07, 6.45) is 1.92. The standard InChI is InChI=1S/C11H22NO5P/c13-11(14)10-4-9-3-7(6-18(15,16)17)1-2-8(9)5-12-10/h7-14H,1-6H2,(H2,15,16,17)/t7-,8-,9+,10-/m0/s1. The van der Waals surface area contributed by atoms with E-state index in [4.69, 9.17) is 9.79 Å². The Morgan fingerprint density at radius 2 is 1.89 bits per heavy atom. The molecular formula is C11H22NO5P. The molecule has 0 bridgehead atoms. The van der Waals surface area contributed by atoms with E-state index in [-0.39, 0.29) is 18.1 Å². The fourth-order valence-corrected chi connectivity index (χ4v) is 4.43. The van der Waals surface area contributed by atoms with Crippen molar-refractivity contribution in [1.29, 1.82) is 0 Å². The predicted molar refractivity (Wildman–Crippen MR) is 65.9 cm³/mol. The number of aliphatic hydroxyl groups is 2. The number of nitrogens with one attached hydrogen (secondary N) is 1. The molecule has 18 heavy (non-hydrogen) atoms. The van der Waals surface area contributed by atoms with Crippen LogP contribution in [0.4, 0.5) is 0 Å². The van der Waals surface area contributed by atoms with Crippen molar-refractivity contribution in [3.8, 4) is 0 Å². The average Bonchev–Trinajstić information content (AvgIpc) is 2.25. The Labute approximate surface area is 107 Å². The molecule has 0 unspecified atom stereocenters. The van der Waals surface area contributed by atoms with Crippen molar-refractivity contribution in [2.45, 2.75) is 38.0 Å². The Balaban J connectivity index is 1.91. The zero-order valence-corrected chi connectivity index (χ0v) is 11.2. The van der Waals surface area contributed by atoms with Gasteiger partial charge in [0.2, 0.25) is 0 Å². The third kappa shape index (κ3) is 3.76. The molecule has 106 valence electrons. The Bertz CT molecular complexity index is 331. The highest BCUT2D eigenvalue weighted by Gasteiger charge is 2.38. The molecule has 5 N–H and O–H groups in total. The quantitative estimate of drug-likeness (QED) is 0.363. The molecule has 0 aromatic carbocycles. The summed E-state index contributed by atoms with van der Waals surface area (Å²) in [6.45, 7) is 0.773. The van der Waals surface area contributed by atoms with E-state index in [1.807, 2.05) is 0 Å². The van der Waals surface area contributed by atoms with Crippen LogP contribution in [0.2, 0.25) is 0 Å². The zero-order valence-electron chi connectivity index (χ0n) is 10.3. The Kier molecular flexibility index (Phi) is 4.47. The van der Waals surface area contributed by atoms with Gasteiger partial charge in [0.1, 0.15) is 0 Å². The molecule has 1 saturated carbocycles. The van der Waals surface area contributed by atoms with E-state index in [9.17, 15) is 14.8 Å². The van der Waals surface area contributed by atoms with Crippen LogP contribution in [0.5, 0.6) is 0 Å².